The fourth-order valence-electron chi connectivity index (χ4n) is 1.08. The van der Waals surface area contributed by atoms with Gasteiger partial charge in [-0.1, -0.05) is 30.7 Å². The van der Waals surface area contributed by atoms with Gasteiger partial charge in [-0.25, -0.2) is 0 Å². The van der Waals surface area contributed by atoms with Crippen LogP contribution in [0.25, 0.3) is 0 Å². The first-order valence-electron chi connectivity index (χ1n) is 5.05. The van der Waals surface area contributed by atoms with E-state index in [0.717, 1.165) is 0 Å². The molecule has 0 aromatic rings. The summed E-state index contributed by atoms with van der Waals surface area (Å²) in [5.74, 6) is 0. The minimum Gasteiger partial charge on any atom is -0.0888 e. The van der Waals surface area contributed by atoms with Gasteiger partial charge in [-0.15, -0.1) is 0 Å². The number of hydrogen-bond acceptors (Lipinski definition) is 0. The van der Waals surface area contributed by atoms with Gasteiger partial charge in [0.25, 0.3) is 0 Å². The maximum absolute atomic E-state index is 2.32. The summed E-state index contributed by atoms with van der Waals surface area (Å²) in [6.45, 7) is 6.51. The van der Waals surface area contributed by atoms with Crippen molar-refractivity contribution < 1.29 is 0 Å². The largest absolute Gasteiger partial charge is 0.0888 e. The van der Waals surface area contributed by atoms with Crippen LogP contribution in [-0.2, 0) is 0 Å². The molecule has 0 nitrogen and oxygen atoms in total. The van der Waals surface area contributed by atoms with E-state index in [4.69, 9.17) is 0 Å². The van der Waals surface area contributed by atoms with Crippen LogP contribution in [0.5, 0.6) is 0 Å². The van der Waals surface area contributed by atoms with Crippen LogP contribution >= 0.6 is 0 Å². The van der Waals surface area contributed by atoms with Crippen LogP contribution in [0.1, 0.15) is 52.9 Å². The predicted molar refractivity (Wildman–Crippen MR) is 57.3 cm³/mol. The molecular formula is C12H22. The van der Waals surface area contributed by atoms with Crippen molar-refractivity contribution in [2.75, 3.05) is 0 Å². The molecule has 0 amide bonds. The normalized spacial score (nSPS) is 10.6. The van der Waals surface area contributed by atoms with E-state index >= 15 is 0 Å². The molecule has 70 valence electrons. The van der Waals surface area contributed by atoms with Gasteiger partial charge in [-0.05, 0) is 46.0 Å². The first-order valence-corrected chi connectivity index (χ1v) is 5.05. The monoisotopic (exact) mass is 166 g/mol. The summed E-state index contributed by atoms with van der Waals surface area (Å²) in [6.07, 6.45) is 13.2. The minimum atomic E-state index is 1.17. The van der Waals surface area contributed by atoms with E-state index < -0.39 is 0 Å². The fourth-order valence-corrected chi connectivity index (χ4v) is 1.08. The van der Waals surface area contributed by atoms with Crippen molar-refractivity contribution in [2.45, 2.75) is 52.9 Å². The van der Waals surface area contributed by atoms with Gasteiger partial charge < -0.3 is 0 Å². The van der Waals surface area contributed by atoms with Crippen LogP contribution < -0.4 is 0 Å². The predicted octanol–water partition coefficient (Wildman–Crippen LogP) is 4.48. The lowest BCUT2D eigenvalue weighted by atomic mass is 10.1. The number of unbranched alkanes of at least 4 members (excludes halogenated alkanes) is 3. The van der Waals surface area contributed by atoms with Gasteiger partial charge in [0.1, 0.15) is 0 Å². The Kier molecular flexibility index (Phi) is 8.20. The Labute approximate surface area is 77.4 Å². The third-order valence-corrected chi connectivity index (χ3v) is 1.78. The van der Waals surface area contributed by atoms with Crippen molar-refractivity contribution in [2.24, 2.45) is 0 Å². The molecule has 0 heteroatoms. The van der Waals surface area contributed by atoms with Crippen molar-refractivity contribution in [1.29, 1.82) is 0 Å². The summed E-state index contributed by atoms with van der Waals surface area (Å²) in [4.78, 5) is 0. The summed E-state index contributed by atoms with van der Waals surface area (Å²) < 4.78 is 0. The maximum atomic E-state index is 2.32. The summed E-state index contributed by atoms with van der Waals surface area (Å²) in [6, 6.07) is 0. The van der Waals surface area contributed by atoms with E-state index in [1.807, 2.05) is 0 Å². The molecule has 0 bridgehead atoms. The Morgan fingerprint density at radius 2 is 1.67 bits per heavy atom. The molecule has 0 saturated heterocycles. The highest BCUT2D eigenvalue weighted by atomic mass is 13.9. The van der Waals surface area contributed by atoms with Crippen LogP contribution in [0.3, 0.4) is 0 Å². The molecule has 0 saturated carbocycles. The van der Waals surface area contributed by atoms with Gasteiger partial charge in [0.05, 0.1) is 0 Å². The van der Waals surface area contributed by atoms with E-state index in [1.165, 1.54) is 37.7 Å². The summed E-state index contributed by atoms with van der Waals surface area (Å²) >= 11 is 0. The third-order valence-electron chi connectivity index (χ3n) is 1.78. The van der Waals surface area contributed by atoms with E-state index in [9.17, 15) is 0 Å². The lowest BCUT2D eigenvalue weighted by Gasteiger charge is -1.93. The number of hydrogen-bond donors (Lipinski definition) is 0. The van der Waals surface area contributed by atoms with Crippen molar-refractivity contribution >= 4 is 0 Å². The van der Waals surface area contributed by atoms with Gasteiger partial charge in [0, 0.05) is 0 Å². The Balaban J connectivity index is 3.11. The van der Waals surface area contributed by atoms with Gasteiger partial charge in [-0.2, -0.15) is 0 Å². The van der Waals surface area contributed by atoms with Crippen molar-refractivity contribution in [1.82, 2.24) is 0 Å². The van der Waals surface area contributed by atoms with Gasteiger partial charge in [0.2, 0.25) is 0 Å². The zero-order valence-corrected chi connectivity index (χ0v) is 8.77. The van der Waals surface area contributed by atoms with Crippen LogP contribution in [0, 0.1) is 0 Å². The van der Waals surface area contributed by atoms with Crippen LogP contribution in [-0.4, -0.2) is 0 Å². The van der Waals surface area contributed by atoms with Gasteiger partial charge in [-0.3, -0.25) is 0 Å². The molecule has 0 rings (SSSR count). The Hall–Kier alpha value is -0.520. The molecule has 0 aliphatic rings. The molecule has 0 heterocycles. The molecule has 0 spiro atoms. The van der Waals surface area contributed by atoms with Crippen molar-refractivity contribution in [3.8, 4) is 0 Å². The van der Waals surface area contributed by atoms with E-state index in [1.54, 1.807) is 0 Å². The Morgan fingerprint density at radius 3 is 2.25 bits per heavy atom. The second kappa shape index (κ2) is 8.58. The molecule has 0 fully saturated rings. The smallest absolute Gasteiger partial charge is 0.0348 e. The lowest BCUT2D eigenvalue weighted by Crippen LogP contribution is -1.73. The average molecular weight is 166 g/mol. The fraction of sp³-hybridized carbons (Fsp3) is 0.667. The second-order valence-corrected chi connectivity index (χ2v) is 3.45. The highest BCUT2D eigenvalue weighted by molar-refractivity contribution is 4.92. The van der Waals surface area contributed by atoms with Gasteiger partial charge in [0.15, 0.2) is 0 Å². The summed E-state index contributed by atoms with van der Waals surface area (Å²) in [7, 11) is 0. The minimum absolute atomic E-state index is 1.17. The summed E-state index contributed by atoms with van der Waals surface area (Å²) in [5.41, 5.74) is 1.44. The molecule has 0 aliphatic heterocycles. The second-order valence-electron chi connectivity index (χ2n) is 3.45. The molecule has 0 unspecified atom stereocenters. The molecule has 0 aromatic carbocycles. The topological polar surface area (TPSA) is 0 Å². The maximum Gasteiger partial charge on any atom is -0.0348 e. The van der Waals surface area contributed by atoms with Crippen LogP contribution in [0.2, 0.25) is 0 Å². The SMILES string of the molecule is CC/C=C\CCCCC=C(C)C. The number of allylic oxidation sites excluding steroid dienone is 4. The Bertz CT molecular complexity index is 136. The van der Waals surface area contributed by atoms with E-state index in [-0.39, 0.29) is 0 Å². The highest BCUT2D eigenvalue weighted by Gasteiger charge is 1.83. The van der Waals surface area contributed by atoms with Crippen LogP contribution in [0.4, 0.5) is 0 Å². The molecule has 0 N–H and O–H groups in total. The standard InChI is InChI=1S/C12H22/c1-4-5-6-7-8-9-10-11-12(2)3/h5-6,11H,4,7-10H2,1-3H3/b6-5-. The first kappa shape index (κ1) is 11.5. The molecular weight excluding hydrogens is 144 g/mol. The first-order chi connectivity index (χ1) is 5.77. The Morgan fingerprint density at radius 1 is 1.00 bits per heavy atom. The highest BCUT2D eigenvalue weighted by Crippen LogP contribution is 2.03. The molecule has 0 aliphatic carbocycles. The zero-order valence-electron chi connectivity index (χ0n) is 8.77. The number of rotatable bonds is 6. The molecule has 0 radical (unpaired) electrons. The molecule has 0 atom stereocenters. The van der Waals surface area contributed by atoms with Crippen LogP contribution in [0.15, 0.2) is 23.8 Å². The zero-order chi connectivity index (χ0) is 9.23. The van der Waals surface area contributed by atoms with E-state index in [2.05, 4.69) is 39.0 Å². The quantitative estimate of drug-likeness (QED) is 0.403. The molecule has 12 heavy (non-hydrogen) atoms. The van der Waals surface area contributed by atoms with E-state index in [0.29, 0.717) is 0 Å². The van der Waals surface area contributed by atoms with Crippen molar-refractivity contribution in [3.63, 3.8) is 0 Å². The average Bonchev–Trinajstić information content (AvgIpc) is 2.02. The molecule has 0 aromatic heterocycles. The van der Waals surface area contributed by atoms with Crippen molar-refractivity contribution in [3.05, 3.63) is 23.8 Å². The summed E-state index contributed by atoms with van der Waals surface area (Å²) in [5, 5.41) is 0. The third kappa shape index (κ3) is 9.48. The lowest BCUT2D eigenvalue weighted by molar-refractivity contribution is 0.758. The van der Waals surface area contributed by atoms with Gasteiger partial charge >= 0.3 is 0 Å².